The second kappa shape index (κ2) is 4.52. The monoisotopic (exact) mass is 228 g/mol. The van der Waals surface area contributed by atoms with E-state index in [9.17, 15) is 4.79 Å². The Kier molecular flexibility index (Phi) is 3.54. The third-order valence-corrected chi connectivity index (χ3v) is 1.69. The average Bonchev–Trinajstić information content (AvgIpc) is 2.49. The van der Waals surface area contributed by atoms with E-state index in [4.69, 9.17) is 20.1 Å². The Morgan fingerprint density at radius 2 is 2.31 bits per heavy atom. The van der Waals surface area contributed by atoms with Gasteiger partial charge in [-0.05, 0) is 25.9 Å². The molecule has 0 saturated heterocycles. The van der Waals surface area contributed by atoms with Gasteiger partial charge in [0.1, 0.15) is 17.4 Å². The lowest BCUT2D eigenvalue weighted by molar-refractivity contribution is -0.138. The molecule has 1 heterocycles. The molecule has 0 aliphatic carbocycles. The molecule has 0 fully saturated rings. The number of carboxylic acids is 1. The number of hydrogen-bond acceptors (Lipinski definition) is 5. The van der Waals surface area contributed by atoms with Gasteiger partial charge in [-0.1, -0.05) is 0 Å². The summed E-state index contributed by atoms with van der Waals surface area (Å²) < 4.78 is 10.3. The van der Waals surface area contributed by atoms with Crippen LogP contribution >= 0.6 is 0 Å². The molecule has 0 aliphatic heterocycles. The first-order valence-electron chi connectivity index (χ1n) is 4.91. The summed E-state index contributed by atoms with van der Waals surface area (Å²) >= 11 is 0. The SMILES string of the molecule is CC(C)(C)Oc1cc(C[C@H](N)C(=O)O)on1. The van der Waals surface area contributed by atoms with Crippen molar-refractivity contribution in [3.05, 3.63) is 11.8 Å². The number of hydrogen-bond donors (Lipinski definition) is 2. The van der Waals surface area contributed by atoms with Crippen LogP contribution in [0, 0.1) is 0 Å². The number of carboxylic acid groups (broad SMARTS) is 1. The predicted octanol–water partition coefficient (Wildman–Crippen LogP) is 0.806. The van der Waals surface area contributed by atoms with Crippen molar-refractivity contribution in [2.75, 3.05) is 0 Å². The van der Waals surface area contributed by atoms with Gasteiger partial charge in [-0.2, -0.15) is 0 Å². The number of rotatable bonds is 4. The van der Waals surface area contributed by atoms with Crippen LogP contribution in [0.5, 0.6) is 5.88 Å². The lowest BCUT2D eigenvalue weighted by atomic mass is 10.2. The number of nitrogens with zero attached hydrogens (tertiary/aromatic N) is 1. The molecule has 90 valence electrons. The Hall–Kier alpha value is -1.56. The van der Waals surface area contributed by atoms with Crippen molar-refractivity contribution in [3.63, 3.8) is 0 Å². The van der Waals surface area contributed by atoms with Crippen molar-refractivity contribution in [1.82, 2.24) is 5.16 Å². The van der Waals surface area contributed by atoms with E-state index in [0.717, 1.165) is 0 Å². The van der Waals surface area contributed by atoms with Crippen LogP contribution in [0.25, 0.3) is 0 Å². The predicted molar refractivity (Wildman–Crippen MR) is 56.2 cm³/mol. The highest BCUT2D eigenvalue weighted by Crippen LogP contribution is 2.18. The van der Waals surface area contributed by atoms with Gasteiger partial charge in [-0.3, -0.25) is 4.79 Å². The first-order valence-corrected chi connectivity index (χ1v) is 4.91. The summed E-state index contributed by atoms with van der Waals surface area (Å²) in [5.74, 6) is -0.344. The minimum atomic E-state index is -1.07. The van der Waals surface area contributed by atoms with Crippen LogP contribution in [0.2, 0.25) is 0 Å². The molecule has 6 heteroatoms. The molecule has 3 N–H and O–H groups in total. The molecule has 1 atom stereocenters. The fourth-order valence-electron chi connectivity index (χ4n) is 1.06. The molecule has 0 aromatic carbocycles. The van der Waals surface area contributed by atoms with Crippen LogP contribution in [0.3, 0.4) is 0 Å². The lowest BCUT2D eigenvalue weighted by Gasteiger charge is -2.18. The number of nitrogens with two attached hydrogens (primary N) is 1. The molecule has 0 aliphatic rings. The standard InChI is InChI=1S/C10H16N2O4/c1-10(2,3)15-8-5-6(16-12-8)4-7(11)9(13)14/h5,7H,4,11H2,1-3H3,(H,13,14)/t7-/m0/s1. The third kappa shape index (κ3) is 3.90. The van der Waals surface area contributed by atoms with Gasteiger partial charge < -0.3 is 20.1 Å². The summed E-state index contributed by atoms with van der Waals surface area (Å²) in [6, 6.07) is 0.559. The Balaban J connectivity index is 2.62. The van der Waals surface area contributed by atoms with Crippen LogP contribution in [-0.4, -0.2) is 27.9 Å². The van der Waals surface area contributed by atoms with Crippen molar-refractivity contribution in [2.24, 2.45) is 5.73 Å². The van der Waals surface area contributed by atoms with Gasteiger partial charge in [0.25, 0.3) is 5.88 Å². The summed E-state index contributed by atoms with van der Waals surface area (Å²) in [5.41, 5.74) is 4.98. The Morgan fingerprint density at radius 3 is 2.81 bits per heavy atom. The van der Waals surface area contributed by atoms with E-state index in [1.165, 1.54) is 0 Å². The van der Waals surface area contributed by atoms with Crippen LogP contribution in [0.15, 0.2) is 10.6 Å². The smallest absolute Gasteiger partial charge is 0.320 e. The molecule has 1 aromatic rings. The number of aliphatic carboxylic acids is 1. The first-order chi connectivity index (χ1) is 7.28. The number of aromatic nitrogens is 1. The quantitative estimate of drug-likeness (QED) is 0.791. The highest BCUT2D eigenvalue weighted by Gasteiger charge is 2.18. The molecule has 0 saturated carbocycles. The number of carbonyl (C=O) groups is 1. The second-order valence-corrected chi connectivity index (χ2v) is 4.49. The van der Waals surface area contributed by atoms with Crippen molar-refractivity contribution in [1.29, 1.82) is 0 Å². The van der Waals surface area contributed by atoms with Gasteiger partial charge in [0.15, 0.2) is 0 Å². The van der Waals surface area contributed by atoms with E-state index >= 15 is 0 Å². The maximum absolute atomic E-state index is 10.5. The van der Waals surface area contributed by atoms with Crippen LogP contribution in [0.4, 0.5) is 0 Å². The van der Waals surface area contributed by atoms with Crippen molar-refractivity contribution in [3.8, 4) is 5.88 Å². The van der Waals surface area contributed by atoms with E-state index in [1.54, 1.807) is 6.07 Å². The Labute approximate surface area is 93.4 Å². The van der Waals surface area contributed by atoms with Gasteiger partial charge >= 0.3 is 5.97 Å². The molecule has 0 unspecified atom stereocenters. The normalized spacial score (nSPS) is 13.5. The molecular formula is C10H16N2O4. The molecular weight excluding hydrogens is 212 g/mol. The maximum atomic E-state index is 10.5. The molecule has 6 nitrogen and oxygen atoms in total. The van der Waals surface area contributed by atoms with E-state index in [2.05, 4.69) is 5.16 Å². The molecule has 1 rings (SSSR count). The van der Waals surface area contributed by atoms with Gasteiger partial charge in [-0.25, -0.2) is 0 Å². The van der Waals surface area contributed by atoms with E-state index < -0.39 is 12.0 Å². The van der Waals surface area contributed by atoms with Crippen LogP contribution in [0.1, 0.15) is 26.5 Å². The largest absolute Gasteiger partial charge is 0.480 e. The molecule has 0 radical (unpaired) electrons. The maximum Gasteiger partial charge on any atom is 0.320 e. The van der Waals surface area contributed by atoms with Gasteiger partial charge in [0.05, 0.1) is 0 Å². The topological polar surface area (TPSA) is 98.6 Å². The first kappa shape index (κ1) is 12.5. The van der Waals surface area contributed by atoms with Gasteiger partial charge in [0.2, 0.25) is 0 Å². The summed E-state index contributed by atoms with van der Waals surface area (Å²) in [6.07, 6.45) is 0.0931. The van der Waals surface area contributed by atoms with Crippen molar-refractivity contribution in [2.45, 2.75) is 38.8 Å². The fraction of sp³-hybridized carbons (Fsp3) is 0.600. The fourth-order valence-corrected chi connectivity index (χ4v) is 1.06. The van der Waals surface area contributed by atoms with E-state index in [-0.39, 0.29) is 12.0 Å². The molecule has 0 spiro atoms. The summed E-state index contributed by atoms with van der Waals surface area (Å²) in [5, 5.41) is 12.3. The highest BCUT2D eigenvalue weighted by atomic mass is 16.6. The van der Waals surface area contributed by atoms with Gasteiger partial charge in [-0.15, -0.1) is 0 Å². The Bertz CT molecular complexity index is 367. The minimum Gasteiger partial charge on any atom is -0.480 e. The molecule has 16 heavy (non-hydrogen) atoms. The lowest BCUT2D eigenvalue weighted by Crippen LogP contribution is -2.32. The number of ether oxygens (including phenoxy) is 1. The zero-order valence-electron chi connectivity index (χ0n) is 9.56. The molecule has 0 bridgehead atoms. The Morgan fingerprint density at radius 1 is 1.69 bits per heavy atom. The zero-order chi connectivity index (χ0) is 12.3. The molecule has 0 amide bonds. The van der Waals surface area contributed by atoms with Crippen LogP contribution < -0.4 is 10.5 Å². The molecule has 1 aromatic heterocycles. The van der Waals surface area contributed by atoms with Crippen molar-refractivity contribution < 1.29 is 19.2 Å². The van der Waals surface area contributed by atoms with E-state index in [1.807, 2.05) is 20.8 Å². The highest BCUT2D eigenvalue weighted by molar-refractivity contribution is 5.73. The average molecular weight is 228 g/mol. The second-order valence-electron chi connectivity index (χ2n) is 4.49. The zero-order valence-corrected chi connectivity index (χ0v) is 9.56. The minimum absolute atomic E-state index is 0.0931. The van der Waals surface area contributed by atoms with Crippen molar-refractivity contribution >= 4 is 5.97 Å². The van der Waals surface area contributed by atoms with Crippen LogP contribution in [-0.2, 0) is 11.2 Å². The van der Waals surface area contributed by atoms with Gasteiger partial charge in [0, 0.05) is 12.5 Å². The summed E-state index contributed by atoms with van der Waals surface area (Å²) in [4.78, 5) is 10.5. The van der Waals surface area contributed by atoms with E-state index in [0.29, 0.717) is 11.6 Å². The summed E-state index contributed by atoms with van der Waals surface area (Å²) in [6.45, 7) is 5.64. The third-order valence-electron chi connectivity index (χ3n) is 1.69. The summed E-state index contributed by atoms with van der Waals surface area (Å²) in [7, 11) is 0.